The van der Waals surface area contributed by atoms with Crippen molar-refractivity contribution in [1.29, 1.82) is 0 Å². The largest absolute Gasteiger partial charge is 0.376 e. The molecule has 84 valence electrons. The number of benzene rings is 1. The van der Waals surface area contributed by atoms with Gasteiger partial charge in [-0.1, -0.05) is 34.7 Å². The second-order valence-electron chi connectivity index (χ2n) is 2.82. The topological polar surface area (TPSA) is 43.4 Å². The predicted molar refractivity (Wildman–Crippen MR) is 46.2 cm³/mol. The van der Waals surface area contributed by atoms with Crippen LogP contribution >= 0.6 is 0 Å². The fourth-order valence-corrected chi connectivity index (χ4v) is 1.40. The molecule has 0 aliphatic carbocycles. The zero-order valence-corrected chi connectivity index (χ0v) is 8.18. The summed E-state index contributed by atoms with van der Waals surface area (Å²) in [6.07, 6.45) is -1.12. The molecule has 0 fully saturated rings. The number of hydrogen-bond donors (Lipinski definition) is 0. The van der Waals surface area contributed by atoms with Gasteiger partial charge in [0.1, 0.15) is 0 Å². The SMILES string of the molecule is O=S(=O)(OF)C(F)(F)Cc1ccccc1. The molecular formula is C8H7F3O3S. The van der Waals surface area contributed by atoms with Gasteiger partial charge in [-0.05, 0) is 10.1 Å². The molecule has 0 saturated heterocycles. The molecule has 0 bridgehead atoms. The van der Waals surface area contributed by atoms with Gasteiger partial charge in [-0.15, -0.1) is 0 Å². The molecule has 0 spiro atoms. The van der Waals surface area contributed by atoms with Crippen LogP contribution in [0.15, 0.2) is 30.3 Å². The Balaban J connectivity index is 2.91. The highest BCUT2D eigenvalue weighted by molar-refractivity contribution is 7.87. The lowest BCUT2D eigenvalue weighted by Crippen LogP contribution is -2.31. The molecule has 1 aromatic carbocycles. The molecule has 0 aliphatic rings. The van der Waals surface area contributed by atoms with E-state index in [2.05, 4.69) is 4.39 Å². The van der Waals surface area contributed by atoms with Crippen LogP contribution in [-0.2, 0) is 20.9 Å². The Morgan fingerprint density at radius 2 is 1.73 bits per heavy atom. The van der Waals surface area contributed by atoms with Gasteiger partial charge in [0.25, 0.3) is 0 Å². The Morgan fingerprint density at radius 1 is 1.20 bits per heavy atom. The van der Waals surface area contributed by atoms with Gasteiger partial charge in [-0.2, -0.15) is 17.2 Å². The Kier molecular flexibility index (Phi) is 3.35. The Hall–Kier alpha value is -1.08. The summed E-state index contributed by atoms with van der Waals surface area (Å²) in [7, 11) is -5.50. The fourth-order valence-electron chi connectivity index (χ4n) is 0.968. The van der Waals surface area contributed by atoms with E-state index in [1.165, 1.54) is 24.3 Å². The third-order valence-corrected chi connectivity index (χ3v) is 2.74. The molecule has 0 unspecified atom stereocenters. The Morgan fingerprint density at radius 3 is 2.20 bits per heavy atom. The minimum Gasteiger partial charge on any atom is -0.190 e. The second kappa shape index (κ2) is 4.19. The van der Waals surface area contributed by atoms with Crippen molar-refractivity contribution in [2.24, 2.45) is 0 Å². The number of alkyl halides is 2. The normalized spacial score (nSPS) is 12.7. The third kappa shape index (κ3) is 2.69. The summed E-state index contributed by atoms with van der Waals surface area (Å²) in [5.41, 5.74) is 0.0723. The lowest BCUT2D eigenvalue weighted by atomic mass is 10.2. The zero-order chi connectivity index (χ0) is 11.5. The highest BCUT2D eigenvalue weighted by Gasteiger charge is 2.47. The molecule has 0 N–H and O–H groups in total. The standard InChI is InChI=1S/C8H7F3O3S/c9-8(10,15(12,13)14-11)6-7-4-2-1-3-5-7/h1-5H,6H2. The van der Waals surface area contributed by atoms with Crippen LogP contribution in [-0.4, -0.2) is 13.7 Å². The summed E-state index contributed by atoms with van der Waals surface area (Å²) in [6, 6.07) is 7.13. The molecule has 0 atom stereocenters. The van der Waals surface area contributed by atoms with Crippen molar-refractivity contribution in [2.75, 3.05) is 0 Å². The summed E-state index contributed by atoms with van der Waals surface area (Å²) in [6.45, 7) is 0. The highest BCUT2D eigenvalue weighted by atomic mass is 32.2. The van der Waals surface area contributed by atoms with Crippen molar-refractivity contribution in [3.05, 3.63) is 35.9 Å². The van der Waals surface area contributed by atoms with Crippen LogP contribution in [0.5, 0.6) is 0 Å². The van der Waals surface area contributed by atoms with Gasteiger partial charge in [0.2, 0.25) is 0 Å². The summed E-state index contributed by atoms with van der Waals surface area (Å²) in [5.74, 6) is 0. The second-order valence-corrected chi connectivity index (χ2v) is 4.45. The molecule has 7 heteroatoms. The third-order valence-electron chi connectivity index (χ3n) is 1.70. The van der Waals surface area contributed by atoms with E-state index in [1.807, 2.05) is 0 Å². The fraction of sp³-hybridized carbons (Fsp3) is 0.250. The molecule has 0 aliphatic heterocycles. The summed E-state index contributed by atoms with van der Waals surface area (Å²) >= 11 is 0. The Bertz CT molecular complexity index is 416. The average molecular weight is 240 g/mol. The minimum atomic E-state index is -5.50. The average Bonchev–Trinajstić information content (AvgIpc) is 2.18. The molecule has 15 heavy (non-hydrogen) atoms. The molecule has 1 aromatic rings. The zero-order valence-electron chi connectivity index (χ0n) is 7.36. The van der Waals surface area contributed by atoms with Gasteiger partial charge in [0, 0.05) is 0 Å². The maximum atomic E-state index is 12.9. The molecule has 0 saturated carbocycles. The van der Waals surface area contributed by atoms with Crippen LogP contribution in [0.3, 0.4) is 0 Å². The van der Waals surface area contributed by atoms with E-state index in [4.69, 9.17) is 0 Å². The molecular weight excluding hydrogens is 233 g/mol. The Labute approximate surface area is 84.5 Å². The highest BCUT2D eigenvalue weighted by Crippen LogP contribution is 2.28. The van der Waals surface area contributed by atoms with E-state index in [0.717, 1.165) is 0 Å². The van der Waals surface area contributed by atoms with Crippen LogP contribution < -0.4 is 0 Å². The van der Waals surface area contributed by atoms with Crippen LogP contribution in [0, 0.1) is 0 Å². The predicted octanol–water partition coefficient (Wildman–Crippen LogP) is 2.05. The van der Waals surface area contributed by atoms with Gasteiger partial charge < -0.3 is 0 Å². The summed E-state index contributed by atoms with van der Waals surface area (Å²) in [5, 5.41) is -4.27. The quantitative estimate of drug-likeness (QED) is 0.809. The first-order chi connectivity index (χ1) is 6.89. The first kappa shape index (κ1) is 12.0. The lowest BCUT2D eigenvalue weighted by Gasteiger charge is -2.12. The number of hydrogen-bond acceptors (Lipinski definition) is 3. The van der Waals surface area contributed by atoms with Gasteiger partial charge >= 0.3 is 15.4 Å². The van der Waals surface area contributed by atoms with Crippen molar-refractivity contribution >= 4 is 10.1 Å². The molecule has 1 rings (SSSR count). The van der Waals surface area contributed by atoms with Crippen LogP contribution in [0.1, 0.15) is 5.56 Å². The van der Waals surface area contributed by atoms with E-state index in [9.17, 15) is 21.7 Å². The van der Waals surface area contributed by atoms with Gasteiger partial charge in [0.05, 0.1) is 6.42 Å². The van der Waals surface area contributed by atoms with E-state index >= 15 is 0 Å². The van der Waals surface area contributed by atoms with Gasteiger partial charge in [-0.3, -0.25) is 0 Å². The smallest absolute Gasteiger partial charge is 0.190 e. The summed E-state index contributed by atoms with van der Waals surface area (Å²) in [4.78, 5) is 0. The number of rotatable bonds is 4. The van der Waals surface area contributed by atoms with Crippen molar-refractivity contribution in [3.63, 3.8) is 0 Å². The van der Waals surface area contributed by atoms with E-state index < -0.39 is 21.8 Å². The van der Waals surface area contributed by atoms with Crippen molar-refractivity contribution in [3.8, 4) is 0 Å². The molecule has 0 heterocycles. The lowest BCUT2D eigenvalue weighted by molar-refractivity contribution is -0.0273. The number of halogens is 3. The van der Waals surface area contributed by atoms with Gasteiger partial charge in [-0.25, -0.2) is 0 Å². The summed E-state index contributed by atoms with van der Waals surface area (Å²) < 4.78 is 60.5. The van der Waals surface area contributed by atoms with Crippen LogP contribution in [0.25, 0.3) is 0 Å². The van der Waals surface area contributed by atoms with E-state index in [0.29, 0.717) is 0 Å². The molecule has 3 nitrogen and oxygen atoms in total. The maximum absolute atomic E-state index is 12.9. The van der Waals surface area contributed by atoms with Crippen molar-refractivity contribution in [2.45, 2.75) is 11.7 Å². The monoisotopic (exact) mass is 240 g/mol. The van der Waals surface area contributed by atoms with E-state index in [1.54, 1.807) is 6.07 Å². The molecule has 0 aromatic heterocycles. The first-order valence-electron chi connectivity index (χ1n) is 3.85. The maximum Gasteiger partial charge on any atom is 0.376 e. The van der Waals surface area contributed by atoms with Crippen LogP contribution in [0.4, 0.5) is 13.3 Å². The first-order valence-corrected chi connectivity index (χ1v) is 5.26. The van der Waals surface area contributed by atoms with Gasteiger partial charge in [0.15, 0.2) is 0 Å². The van der Waals surface area contributed by atoms with E-state index in [-0.39, 0.29) is 5.56 Å². The van der Waals surface area contributed by atoms with Crippen molar-refractivity contribution < 1.29 is 26.1 Å². The molecule has 0 amide bonds. The molecule has 0 radical (unpaired) electrons. The van der Waals surface area contributed by atoms with Crippen molar-refractivity contribution in [1.82, 2.24) is 0 Å². The minimum absolute atomic E-state index is 0.0723. The van der Waals surface area contributed by atoms with Crippen LogP contribution in [0.2, 0.25) is 0 Å².